The number of carbonyl (C=O) groups excluding carboxylic acids is 1. The van der Waals surface area contributed by atoms with Crippen LogP contribution in [-0.2, 0) is 9.47 Å². The Hall–Kier alpha value is -0.770. The van der Waals surface area contributed by atoms with Crippen molar-refractivity contribution in [1.29, 1.82) is 0 Å². The van der Waals surface area contributed by atoms with E-state index in [1.165, 1.54) is 12.8 Å². The molecule has 1 fully saturated rings. The van der Waals surface area contributed by atoms with Gasteiger partial charge in [0.25, 0.3) is 0 Å². The van der Waals surface area contributed by atoms with E-state index in [0.29, 0.717) is 13.2 Å². The highest BCUT2D eigenvalue weighted by Crippen LogP contribution is 2.20. The molecule has 0 aromatic rings. The van der Waals surface area contributed by atoms with E-state index in [0.717, 1.165) is 32.3 Å². The van der Waals surface area contributed by atoms with Crippen LogP contribution in [0.4, 0.5) is 4.79 Å². The lowest BCUT2D eigenvalue weighted by molar-refractivity contribution is 0.0930. The Morgan fingerprint density at radius 1 is 1.31 bits per heavy atom. The van der Waals surface area contributed by atoms with Crippen molar-refractivity contribution < 1.29 is 14.3 Å². The van der Waals surface area contributed by atoms with Crippen molar-refractivity contribution in [1.82, 2.24) is 5.32 Å². The Morgan fingerprint density at radius 2 is 2.06 bits per heavy atom. The van der Waals surface area contributed by atoms with E-state index in [1.54, 1.807) is 0 Å². The second-order valence-electron chi connectivity index (χ2n) is 4.20. The van der Waals surface area contributed by atoms with E-state index in [9.17, 15) is 4.79 Å². The summed E-state index contributed by atoms with van der Waals surface area (Å²) in [6.07, 6.45) is 6.44. The molecule has 4 heteroatoms. The predicted octanol–water partition coefficient (Wildman–Crippen LogP) is 2.47. The number of rotatable bonds is 7. The third-order valence-electron chi connectivity index (χ3n) is 2.73. The summed E-state index contributed by atoms with van der Waals surface area (Å²) in [5.41, 5.74) is 0. The molecule has 0 atom stereocenters. The van der Waals surface area contributed by atoms with Crippen LogP contribution in [0.25, 0.3) is 0 Å². The van der Waals surface area contributed by atoms with E-state index in [2.05, 4.69) is 12.2 Å². The number of unbranched alkanes of at least 4 members (excludes halogenated alkanes) is 1. The third kappa shape index (κ3) is 5.95. The molecule has 1 aliphatic carbocycles. The minimum Gasteiger partial charge on any atom is -0.446 e. The fraction of sp³-hybridized carbons (Fsp3) is 0.917. The van der Waals surface area contributed by atoms with Gasteiger partial charge in [0.15, 0.2) is 0 Å². The molecule has 0 aliphatic heterocycles. The molecule has 1 amide bonds. The van der Waals surface area contributed by atoms with Crippen LogP contribution in [0.2, 0.25) is 0 Å². The highest BCUT2D eigenvalue weighted by atomic mass is 16.6. The number of carbonyl (C=O) groups is 1. The summed E-state index contributed by atoms with van der Waals surface area (Å²) >= 11 is 0. The molecule has 0 aromatic carbocycles. The van der Waals surface area contributed by atoms with Gasteiger partial charge in [-0.15, -0.1) is 0 Å². The van der Waals surface area contributed by atoms with E-state index in [4.69, 9.17) is 9.47 Å². The summed E-state index contributed by atoms with van der Waals surface area (Å²) in [7, 11) is 0. The molecular formula is C12H23NO3. The number of nitrogens with one attached hydrogen (secondary N) is 1. The minimum atomic E-state index is -0.300. The topological polar surface area (TPSA) is 47.6 Å². The van der Waals surface area contributed by atoms with E-state index < -0.39 is 0 Å². The molecule has 1 rings (SSSR count). The quantitative estimate of drug-likeness (QED) is 0.682. The van der Waals surface area contributed by atoms with Gasteiger partial charge in [0, 0.05) is 13.2 Å². The van der Waals surface area contributed by atoms with Gasteiger partial charge in [0.2, 0.25) is 0 Å². The van der Waals surface area contributed by atoms with Crippen LogP contribution in [-0.4, -0.2) is 32.0 Å². The fourth-order valence-electron chi connectivity index (χ4n) is 1.77. The Labute approximate surface area is 97.7 Å². The predicted molar refractivity (Wildman–Crippen MR) is 62.5 cm³/mol. The van der Waals surface area contributed by atoms with Gasteiger partial charge in [-0.25, -0.2) is 4.79 Å². The average molecular weight is 229 g/mol. The molecule has 0 aromatic heterocycles. The van der Waals surface area contributed by atoms with Gasteiger partial charge < -0.3 is 14.8 Å². The normalized spacial score (nSPS) is 16.3. The maximum Gasteiger partial charge on any atom is 0.407 e. The van der Waals surface area contributed by atoms with Gasteiger partial charge in [-0.3, -0.25) is 0 Å². The zero-order chi connectivity index (χ0) is 11.6. The summed E-state index contributed by atoms with van der Waals surface area (Å²) in [6.45, 7) is 4.01. The van der Waals surface area contributed by atoms with Gasteiger partial charge in [-0.05, 0) is 32.1 Å². The number of amides is 1. The van der Waals surface area contributed by atoms with Gasteiger partial charge in [-0.2, -0.15) is 0 Å². The smallest absolute Gasteiger partial charge is 0.407 e. The SMILES string of the molecule is CCCCOCCNC(=O)OC1CCCC1. The molecule has 0 saturated heterocycles. The van der Waals surface area contributed by atoms with E-state index >= 15 is 0 Å². The van der Waals surface area contributed by atoms with Gasteiger partial charge >= 0.3 is 6.09 Å². The van der Waals surface area contributed by atoms with Crippen LogP contribution in [0, 0.1) is 0 Å². The third-order valence-corrected chi connectivity index (χ3v) is 2.73. The minimum absolute atomic E-state index is 0.140. The zero-order valence-corrected chi connectivity index (χ0v) is 10.2. The van der Waals surface area contributed by atoms with E-state index in [1.807, 2.05) is 0 Å². The van der Waals surface area contributed by atoms with Crippen molar-refractivity contribution >= 4 is 6.09 Å². The summed E-state index contributed by atoms with van der Waals surface area (Å²) in [6, 6.07) is 0. The molecule has 16 heavy (non-hydrogen) atoms. The first-order valence-electron chi connectivity index (χ1n) is 6.35. The molecule has 0 unspecified atom stereocenters. The van der Waals surface area contributed by atoms with Gasteiger partial charge in [0.05, 0.1) is 6.61 Å². The first kappa shape index (κ1) is 13.3. The molecule has 0 radical (unpaired) electrons. The molecule has 1 saturated carbocycles. The number of hydrogen-bond acceptors (Lipinski definition) is 3. The summed E-state index contributed by atoms with van der Waals surface area (Å²) < 4.78 is 10.6. The van der Waals surface area contributed by atoms with Crippen LogP contribution in [0.1, 0.15) is 45.4 Å². The summed E-state index contributed by atoms with van der Waals surface area (Å²) in [5.74, 6) is 0. The van der Waals surface area contributed by atoms with Crippen molar-refractivity contribution in [3.8, 4) is 0 Å². The highest BCUT2D eigenvalue weighted by Gasteiger charge is 2.18. The second kappa shape index (κ2) is 8.39. The molecule has 0 spiro atoms. The lowest BCUT2D eigenvalue weighted by Crippen LogP contribution is -2.30. The maximum atomic E-state index is 11.3. The molecule has 0 bridgehead atoms. The largest absolute Gasteiger partial charge is 0.446 e. The zero-order valence-electron chi connectivity index (χ0n) is 10.2. The van der Waals surface area contributed by atoms with Gasteiger partial charge in [0.1, 0.15) is 6.10 Å². The summed E-state index contributed by atoms with van der Waals surface area (Å²) in [4.78, 5) is 11.3. The van der Waals surface area contributed by atoms with Crippen LogP contribution in [0.15, 0.2) is 0 Å². The molecule has 94 valence electrons. The lowest BCUT2D eigenvalue weighted by Gasteiger charge is -2.12. The van der Waals surface area contributed by atoms with E-state index in [-0.39, 0.29) is 12.2 Å². The first-order chi connectivity index (χ1) is 7.83. The Bertz CT molecular complexity index is 191. The van der Waals surface area contributed by atoms with Crippen LogP contribution >= 0.6 is 0 Å². The Balaban J connectivity index is 1.89. The summed E-state index contributed by atoms with van der Waals surface area (Å²) in [5, 5.41) is 2.70. The van der Waals surface area contributed by atoms with Crippen LogP contribution in [0.3, 0.4) is 0 Å². The monoisotopic (exact) mass is 229 g/mol. The number of hydrogen-bond donors (Lipinski definition) is 1. The highest BCUT2D eigenvalue weighted by molar-refractivity contribution is 5.67. The van der Waals surface area contributed by atoms with Crippen molar-refractivity contribution in [2.75, 3.05) is 19.8 Å². The maximum absolute atomic E-state index is 11.3. The molecule has 1 aliphatic rings. The Kier molecular flexibility index (Phi) is 6.97. The van der Waals surface area contributed by atoms with Crippen molar-refractivity contribution in [3.05, 3.63) is 0 Å². The van der Waals surface area contributed by atoms with Gasteiger partial charge in [-0.1, -0.05) is 13.3 Å². The average Bonchev–Trinajstić information content (AvgIpc) is 2.76. The second-order valence-corrected chi connectivity index (χ2v) is 4.20. The fourth-order valence-corrected chi connectivity index (χ4v) is 1.77. The van der Waals surface area contributed by atoms with Crippen molar-refractivity contribution in [2.45, 2.75) is 51.6 Å². The molecular weight excluding hydrogens is 206 g/mol. The molecule has 0 heterocycles. The Morgan fingerprint density at radius 3 is 2.75 bits per heavy atom. The molecule has 4 nitrogen and oxygen atoms in total. The van der Waals surface area contributed by atoms with Crippen LogP contribution in [0.5, 0.6) is 0 Å². The number of alkyl carbamates (subject to hydrolysis) is 1. The lowest BCUT2D eigenvalue weighted by atomic mass is 10.3. The van der Waals surface area contributed by atoms with Crippen molar-refractivity contribution in [3.63, 3.8) is 0 Å². The number of ether oxygens (including phenoxy) is 2. The van der Waals surface area contributed by atoms with Crippen molar-refractivity contribution in [2.24, 2.45) is 0 Å². The molecule has 1 N–H and O–H groups in total. The van der Waals surface area contributed by atoms with Crippen LogP contribution < -0.4 is 5.32 Å². The standard InChI is InChI=1S/C12H23NO3/c1-2-3-9-15-10-8-13-12(14)16-11-6-4-5-7-11/h11H,2-10H2,1H3,(H,13,14). The first-order valence-corrected chi connectivity index (χ1v) is 6.35.